The predicted molar refractivity (Wildman–Crippen MR) is 88.6 cm³/mol. The lowest BCUT2D eigenvalue weighted by Gasteiger charge is -2.21. The highest BCUT2D eigenvalue weighted by Crippen LogP contribution is 2.28. The minimum atomic E-state index is -0.540. The van der Waals surface area contributed by atoms with Gasteiger partial charge < -0.3 is 10.4 Å². The molecule has 6 nitrogen and oxygen atoms in total. The second kappa shape index (κ2) is 5.75. The van der Waals surface area contributed by atoms with E-state index in [0.717, 1.165) is 11.6 Å². The summed E-state index contributed by atoms with van der Waals surface area (Å²) in [7, 11) is 0. The number of H-pyrrole nitrogens is 1. The van der Waals surface area contributed by atoms with Crippen LogP contribution in [-0.2, 0) is 0 Å². The topological polar surface area (TPSA) is 78.5 Å². The summed E-state index contributed by atoms with van der Waals surface area (Å²) in [5.74, 6) is -0.0873. The largest absolute Gasteiger partial charge is 0.345 e. The molecule has 3 rings (SSSR count). The standard InChI is InChI=1S/C15H16ClFN6/c1-15(2,3)23-22-14-11(17)7-20-13(21-14)10-6-19-12-9(10)4-8(16)5-18-12/h4-7,23H,1-3H3,(H,18,19)(H,20,21,22). The van der Waals surface area contributed by atoms with E-state index in [1.807, 2.05) is 20.8 Å². The first-order valence-corrected chi connectivity index (χ1v) is 7.40. The lowest BCUT2D eigenvalue weighted by atomic mass is 10.1. The second-order valence-electron chi connectivity index (χ2n) is 6.14. The lowest BCUT2D eigenvalue weighted by molar-refractivity contribution is 0.461. The number of hydrogen-bond acceptors (Lipinski definition) is 5. The van der Waals surface area contributed by atoms with Crippen molar-refractivity contribution in [1.82, 2.24) is 25.4 Å². The van der Waals surface area contributed by atoms with Gasteiger partial charge in [0.25, 0.3) is 0 Å². The summed E-state index contributed by atoms with van der Waals surface area (Å²) in [6.07, 6.45) is 4.41. The molecular formula is C15H16ClFN6. The Kier molecular flexibility index (Phi) is 3.91. The van der Waals surface area contributed by atoms with Gasteiger partial charge in [0.2, 0.25) is 0 Å². The molecule has 3 aromatic heterocycles. The minimum Gasteiger partial charge on any atom is -0.345 e. The van der Waals surface area contributed by atoms with E-state index in [-0.39, 0.29) is 11.4 Å². The molecule has 3 N–H and O–H groups in total. The molecular weight excluding hydrogens is 319 g/mol. The zero-order chi connectivity index (χ0) is 16.6. The molecule has 0 unspecified atom stereocenters. The Bertz CT molecular complexity index is 855. The van der Waals surface area contributed by atoms with Crippen LogP contribution in [0.4, 0.5) is 10.2 Å². The van der Waals surface area contributed by atoms with Crippen molar-refractivity contribution in [2.75, 3.05) is 5.43 Å². The highest BCUT2D eigenvalue weighted by molar-refractivity contribution is 6.31. The van der Waals surface area contributed by atoms with Crippen LogP contribution in [0.5, 0.6) is 0 Å². The molecule has 0 aliphatic rings. The van der Waals surface area contributed by atoms with Crippen LogP contribution in [0.25, 0.3) is 22.4 Å². The maximum absolute atomic E-state index is 13.9. The van der Waals surface area contributed by atoms with Crippen molar-refractivity contribution in [3.63, 3.8) is 0 Å². The van der Waals surface area contributed by atoms with Crippen LogP contribution in [0.15, 0.2) is 24.7 Å². The molecule has 8 heteroatoms. The molecule has 23 heavy (non-hydrogen) atoms. The highest BCUT2D eigenvalue weighted by atomic mass is 35.5. The van der Waals surface area contributed by atoms with Crippen molar-refractivity contribution < 1.29 is 4.39 Å². The molecule has 3 aromatic rings. The van der Waals surface area contributed by atoms with Crippen LogP contribution in [0, 0.1) is 5.82 Å². The van der Waals surface area contributed by atoms with Gasteiger partial charge in [-0.15, -0.1) is 0 Å². The van der Waals surface area contributed by atoms with E-state index in [4.69, 9.17) is 11.6 Å². The van der Waals surface area contributed by atoms with E-state index in [0.29, 0.717) is 22.1 Å². The molecule has 0 aliphatic carbocycles. The molecule has 0 saturated carbocycles. The van der Waals surface area contributed by atoms with E-state index in [1.54, 1.807) is 18.5 Å². The fourth-order valence-electron chi connectivity index (χ4n) is 1.99. The summed E-state index contributed by atoms with van der Waals surface area (Å²) >= 11 is 5.99. The van der Waals surface area contributed by atoms with Gasteiger partial charge in [-0.1, -0.05) is 11.6 Å². The normalized spacial score (nSPS) is 11.9. The predicted octanol–water partition coefficient (Wildman–Crippen LogP) is 3.53. The van der Waals surface area contributed by atoms with E-state index in [1.165, 1.54) is 0 Å². The highest BCUT2D eigenvalue weighted by Gasteiger charge is 2.15. The Labute approximate surface area is 137 Å². The molecule has 120 valence electrons. The SMILES string of the molecule is CC(C)(C)NNc1nc(-c2c[nH]c3ncc(Cl)cc23)ncc1F. The Balaban J connectivity index is 2.00. The molecule has 0 spiro atoms. The van der Waals surface area contributed by atoms with Crippen molar-refractivity contribution in [3.05, 3.63) is 35.5 Å². The molecule has 0 aliphatic heterocycles. The van der Waals surface area contributed by atoms with Gasteiger partial charge in [0, 0.05) is 28.9 Å². The summed E-state index contributed by atoms with van der Waals surface area (Å²) in [6, 6.07) is 1.77. The van der Waals surface area contributed by atoms with Gasteiger partial charge >= 0.3 is 0 Å². The number of nitrogens with one attached hydrogen (secondary N) is 3. The zero-order valence-corrected chi connectivity index (χ0v) is 13.7. The monoisotopic (exact) mass is 334 g/mol. The van der Waals surface area contributed by atoms with Crippen LogP contribution in [-0.4, -0.2) is 25.5 Å². The Morgan fingerprint density at radius 2 is 2.00 bits per heavy atom. The number of aromatic amines is 1. The van der Waals surface area contributed by atoms with E-state index >= 15 is 0 Å². The number of hydrogen-bond donors (Lipinski definition) is 3. The van der Waals surface area contributed by atoms with E-state index in [2.05, 4.69) is 30.8 Å². The lowest BCUT2D eigenvalue weighted by Crippen LogP contribution is -2.40. The number of aromatic nitrogens is 4. The van der Waals surface area contributed by atoms with E-state index < -0.39 is 5.82 Å². The number of nitrogens with zero attached hydrogens (tertiary/aromatic N) is 3. The van der Waals surface area contributed by atoms with Crippen molar-refractivity contribution in [1.29, 1.82) is 0 Å². The second-order valence-corrected chi connectivity index (χ2v) is 6.58. The number of hydrazine groups is 1. The zero-order valence-electron chi connectivity index (χ0n) is 12.9. The summed E-state index contributed by atoms with van der Waals surface area (Å²) in [4.78, 5) is 15.5. The van der Waals surface area contributed by atoms with Crippen molar-refractivity contribution in [2.24, 2.45) is 0 Å². The van der Waals surface area contributed by atoms with Gasteiger partial charge in [0.1, 0.15) is 5.65 Å². The molecule has 0 aromatic carbocycles. The van der Waals surface area contributed by atoms with Gasteiger partial charge in [0.15, 0.2) is 17.5 Å². The maximum Gasteiger partial charge on any atom is 0.185 e. The molecule has 0 bridgehead atoms. The third-order valence-electron chi connectivity index (χ3n) is 3.04. The smallest absolute Gasteiger partial charge is 0.185 e. The summed E-state index contributed by atoms with van der Waals surface area (Å²) < 4.78 is 13.9. The number of halogens is 2. The van der Waals surface area contributed by atoms with Gasteiger partial charge in [0.05, 0.1) is 11.2 Å². The fraction of sp³-hybridized carbons (Fsp3) is 0.267. The average molecular weight is 335 g/mol. The third-order valence-corrected chi connectivity index (χ3v) is 3.25. The first kappa shape index (κ1) is 15.6. The maximum atomic E-state index is 13.9. The van der Waals surface area contributed by atoms with Crippen molar-refractivity contribution in [2.45, 2.75) is 26.3 Å². The molecule has 0 saturated heterocycles. The molecule has 3 heterocycles. The van der Waals surface area contributed by atoms with Gasteiger partial charge in [-0.25, -0.2) is 24.8 Å². The Morgan fingerprint density at radius 1 is 1.22 bits per heavy atom. The number of anilines is 1. The third kappa shape index (κ3) is 3.40. The number of pyridine rings is 1. The quantitative estimate of drug-likeness (QED) is 0.639. The van der Waals surface area contributed by atoms with Crippen LogP contribution >= 0.6 is 11.6 Å². The number of rotatable bonds is 3. The van der Waals surface area contributed by atoms with Gasteiger partial charge in [-0.2, -0.15) is 0 Å². The summed E-state index contributed by atoms with van der Waals surface area (Å²) in [6.45, 7) is 5.86. The average Bonchev–Trinajstić information content (AvgIpc) is 2.88. The van der Waals surface area contributed by atoms with Crippen LogP contribution in [0.3, 0.4) is 0 Å². The number of fused-ring (bicyclic) bond motifs is 1. The Hall–Kier alpha value is -2.25. The van der Waals surface area contributed by atoms with Crippen LogP contribution in [0.1, 0.15) is 20.8 Å². The summed E-state index contributed by atoms with van der Waals surface area (Å²) in [5, 5.41) is 1.28. The molecule has 0 fully saturated rings. The van der Waals surface area contributed by atoms with E-state index in [9.17, 15) is 4.39 Å². The van der Waals surface area contributed by atoms with Crippen LogP contribution < -0.4 is 10.9 Å². The first-order chi connectivity index (χ1) is 10.8. The summed E-state index contributed by atoms with van der Waals surface area (Å²) in [5.41, 5.74) is 6.89. The first-order valence-electron chi connectivity index (χ1n) is 7.02. The fourth-order valence-corrected chi connectivity index (χ4v) is 2.15. The van der Waals surface area contributed by atoms with Crippen LogP contribution in [0.2, 0.25) is 5.02 Å². The Morgan fingerprint density at radius 3 is 2.74 bits per heavy atom. The van der Waals surface area contributed by atoms with Gasteiger partial charge in [-0.05, 0) is 26.8 Å². The molecule has 0 amide bonds. The molecule has 0 radical (unpaired) electrons. The van der Waals surface area contributed by atoms with Crippen molar-refractivity contribution in [3.8, 4) is 11.4 Å². The molecule has 0 atom stereocenters. The minimum absolute atomic E-state index is 0.0780. The van der Waals surface area contributed by atoms with Crippen molar-refractivity contribution >= 4 is 28.5 Å². The van der Waals surface area contributed by atoms with Gasteiger partial charge in [-0.3, -0.25) is 0 Å².